The van der Waals surface area contributed by atoms with E-state index in [1.54, 1.807) is 0 Å². The van der Waals surface area contributed by atoms with Crippen molar-refractivity contribution in [2.45, 2.75) is 52.4 Å². The number of pyridine rings is 2. The molecule has 0 spiro atoms. The molecule has 0 N–H and O–H groups in total. The van der Waals surface area contributed by atoms with Gasteiger partial charge in [-0.25, -0.2) is 0 Å². The van der Waals surface area contributed by atoms with Gasteiger partial charge in [-0.15, -0.1) is 0 Å². The van der Waals surface area contributed by atoms with Crippen LogP contribution < -0.4 is 0 Å². The van der Waals surface area contributed by atoms with Gasteiger partial charge in [0.25, 0.3) is 0 Å². The molecule has 0 bridgehead atoms. The molecule has 0 atom stereocenters. The second kappa shape index (κ2) is 13.4. The van der Waals surface area contributed by atoms with Crippen molar-refractivity contribution < 1.29 is 0 Å². The van der Waals surface area contributed by atoms with Gasteiger partial charge in [0, 0.05) is 47.1 Å². The molecular weight excluding hydrogens is 605 g/mol. The van der Waals surface area contributed by atoms with E-state index in [1.807, 2.05) is 24.8 Å². The number of benzene rings is 4. The average molecular weight is 649 g/mol. The Morgan fingerprint density at radius 3 is 0.920 bits per heavy atom. The van der Waals surface area contributed by atoms with Crippen molar-refractivity contribution in [3.8, 4) is 0 Å². The summed E-state index contributed by atoms with van der Waals surface area (Å²) in [6.07, 6.45) is 8.11. The van der Waals surface area contributed by atoms with Gasteiger partial charge >= 0.3 is 0 Å². The molecule has 4 aromatic carbocycles. The molecule has 50 heavy (non-hydrogen) atoms. The van der Waals surface area contributed by atoms with Crippen molar-refractivity contribution in [2.24, 2.45) is 0 Å². The summed E-state index contributed by atoms with van der Waals surface area (Å²) in [4.78, 5) is 9.75. The lowest BCUT2D eigenvalue weighted by Crippen LogP contribution is -2.19. The quantitative estimate of drug-likeness (QED) is 0.180. The van der Waals surface area contributed by atoms with E-state index < -0.39 is 0 Å². The molecule has 0 unspecified atom stereocenters. The summed E-state index contributed by atoms with van der Waals surface area (Å²) in [6.45, 7) is 13.5. The summed E-state index contributed by atoms with van der Waals surface area (Å²) >= 11 is 0. The average Bonchev–Trinajstić information content (AvgIpc) is 3.13. The number of hydrogen-bond acceptors (Lipinski definition) is 2. The zero-order chi connectivity index (χ0) is 34.9. The van der Waals surface area contributed by atoms with E-state index in [4.69, 9.17) is 9.97 Å². The minimum Gasteiger partial charge on any atom is -0.264 e. The standard InChI is InChI=1S/C48H44N2/c1-47(2,3)39-27-37(29-49-31-39)43-44(38-28-40(32-50-30-38)48(4,5)6)46(42(35-23-15-9-16-24-35)36-25-17-10-18-26-36)45(43)41(33-19-11-7-12-20-33)34-21-13-8-14-22-34/h7-32H,1-6H3. The molecule has 1 aliphatic carbocycles. The van der Waals surface area contributed by atoms with Gasteiger partial charge in [-0.05, 0) is 78.6 Å². The second-order valence-electron chi connectivity index (χ2n) is 15.1. The van der Waals surface area contributed by atoms with Crippen molar-refractivity contribution >= 4 is 22.3 Å². The zero-order valence-electron chi connectivity index (χ0n) is 29.9. The highest BCUT2D eigenvalue weighted by molar-refractivity contribution is 6.26. The highest BCUT2D eigenvalue weighted by atomic mass is 14.6. The lowest BCUT2D eigenvalue weighted by Gasteiger charge is -2.37. The van der Waals surface area contributed by atoms with E-state index in [2.05, 4.69) is 175 Å². The Morgan fingerprint density at radius 1 is 0.380 bits per heavy atom. The van der Waals surface area contributed by atoms with Crippen LogP contribution in [-0.2, 0) is 10.8 Å². The SMILES string of the molecule is CC(C)(C)c1cncc(C2=C(c3cncc(C(C)(C)C)c3)C(=C(c3ccccc3)c3ccccc3)C2=C(c2ccccc2)c2ccccc2)c1. The first-order valence-electron chi connectivity index (χ1n) is 17.5. The van der Waals surface area contributed by atoms with E-state index in [1.165, 1.54) is 66.8 Å². The van der Waals surface area contributed by atoms with Gasteiger partial charge in [0.2, 0.25) is 0 Å². The third-order valence-electron chi connectivity index (χ3n) is 9.54. The van der Waals surface area contributed by atoms with Crippen LogP contribution in [0.3, 0.4) is 0 Å². The minimum absolute atomic E-state index is 0.0648. The molecule has 7 rings (SSSR count). The predicted octanol–water partition coefficient (Wildman–Crippen LogP) is 12.0. The van der Waals surface area contributed by atoms with E-state index >= 15 is 0 Å². The topological polar surface area (TPSA) is 25.8 Å². The molecular formula is C48H44N2. The van der Waals surface area contributed by atoms with Crippen LogP contribution in [0.4, 0.5) is 0 Å². The molecule has 246 valence electrons. The molecule has 0 amide bonds. The van der Waals surface area contributed by atoms with Gasteiger partial charge in [-0.2, -0.15) is 0 Å². The number of aromatic nitrogens is 2. The van der Waals surface area contributed by atoms with Crippen molar-refractivity contribution in [1.82, 2.24) is 9.97 Å². The molecule has 1 aliphatic rings. The summed E-state index contributed by atoms with van der Waals surface area (Å²) in [7, 11) is 0. The Hall–Kier alpha value is -5.60. The van der Waals surface area contributed by atoms with E-state index in [9.17, 15) is 0 Å². The van der Waals surface area contributed by atoms with Gasteiger partial charge in [0.1, 0.15) is 0 Å². The number of rotatable bonds is 6. The van der Waals surface area contributed by atoms with E-state index in [0.29, 0.717) is 0 Å². The van der Waals surface area contributed by atoms with Crippen molar-refractivity contribution in [3.05, 3.63) is 214 Å². The maximum absolute atomic E-state index is 4.88. The fourth-order valence-electron chi connectivity index (χ4n) is 6.82. The summed E-state index contributed by atoms with van der Waals surface area (Å²) in [5.74, 6) is 0. The predicted molar refractivity (Wildman–Crippen MR) is 210 cm³/mol. The monoisotopic (exact) mass is 648 g/mol. The van der Waals surface area contributed by atoms with Gasteiger partial charge in [-0.3, -0.25) is 9.97 Å². The molecule has 6 aromatic rings. The van der Waals surface area contributed by atoms with Crippen LogP contribution in [-0.4, -0.2) is 9.97 Å². The van der Waals surface area contributed by atoms with Gasteiger partial charge in [0.15, 0.2) is 0 Å². The molecule has 0 fully saturated rings. The van der Waals surface area contributed by atoms with E-state index in [0.717, 1.165) is 11.1 Å². The Labute approximate surface area is 297 Å². The maximum Gasteiger partial charge on any atom is 0.0347 e. The summed E-state index contributed by atoms with van der Waals surface area (Å²) in [5.41, 5.74) is 16.4. The highest BCUT2D eigenvalue weighted by Crippen LogP contribution is 2.58. The Bertz CT molecular complexity index is 1980. The lowest BCUT2D eigenvalue weighted by atomic mass is 9.65. The molecule has 2 heterocycles. The second-order valence-corrected chi connectivity index (χ2v) is 15.1. The zero-order valence-corrected chi connectivity index (χ0v) is 29.9. The summed E-state index contributed by atoms with van der Waals surface area (Å²) < 4.78 is 0. The summed E-state index contributed by atoms with van der Waals surface area (Å²) in [5, 5.41) is 0. The Morgan fingerprint density at radius 2 is 0.660 bits per heavy atom. The van der Waals surface area contributed by atoms with Crippen molar-refractivity contribution in [1.29, 1.82) is 0 Å². The van der Waals surface area contributed by atoms with Crippen LogP contribution >= 0.6 is 0 Å². The first-order valence-corrected chi connectivity index (χ1v) is 17.5. The molecule has 0 saturated carbocycles. The molecule has 0 saturated heterocycles. The number of nitrogens with zero attached hydrogens (tertiary/aromatic N) is 2. The van der Waals surface area contributed by atoms with Crippen molar-refractivity contribution in [2.75, 3.05) is 0 Å². The molecule has 0 aliphatic heterocycles. The third-order valence-corrected chi connectivity index (χ3v) is 9.54. The smallest absolute Gasteiger partial charge is 0.0347 e. The Balaban J connectivity index is 1.73. The van der Waals surface area contributed by atoms with Crippen LogP contribution in [0.15, 0.2) is 169 Å². The van der Waals surface area contributed by atoms with Crippen LogP contribution in [0.1, 0.15) is 86.1 Å². The van der Waals surface area contributed by atoms with Crippen molar-refractivity contribution in [3.63, 3.8) is 0 Å². The first-order chi connectivity index (χ1) is 24.1. The minimum atomic E-state index is -0.0648. The van der Waals surface area contributed by atoms with Gasteiger partial charge in [0.05, 0.1) is 0 Å². The highest BCUT2D eigenvalue weighted by Gasteiger charge is 2.38. The fraction of sp³-hybridized carbons (Fsp3) is 0.167. The first kappa shape index (κ1) is 32.9. The van der Waals surface area contributed by atoms with Crippen LogP contribution in [0.2, 0.25) is 0 Å². The van der Waals surface area contributed by atoms with Crippen LogP contribution in [0.5, 0.6) is 0 Å². The third kappa shape index (κ3) is 6.42. The molecule has 2 nitrogen and oxygen atoms in total. The molecule has 2 aromatic heterocycles. The number of hydrogen-bond donors (Lipinski definition) is 0. The number of allylic oxidation sites excluding steroid dienone is 4. The maximum atomic E-state index is 4.88. The molecule has 0 radical (unpaired) electrons. The molecule has 2 heteroatoms. The largest absolute Gasteiger partial charge is 0.264 e. The van der Waals surface area contributed by atoms with Gasteiger partial charge in [-0.1, -0.05) is 163 Å². The van der Waals surface area contributed by atoms with Crippen LogP contribution in [0, 0.1) is 0 Å². The fourth-order valence-corrected chi connectivity index (χ4v) is 6.82. The van der Waals surface area contributed by atoms with Crippen LogP contribution in [0.25, 0.3) is 22.3 Å². The Kier molecular flexibility index (Phi) is 8.80. The summed E-state index contributed by atoms with van der Waals surface area (Å²) in [6, 6.07) is 48.0. The lowest BCUT2D eigenvalue weighted by molar-refractivity contribution is 0.587. The van der Waals surface area contributed by atoms with E-state index in [-0.39, 0.29) is 10.8 Å². The normalized spacial score (nSPS) is 13.2. The van der Waals surface area contributed by atoms with Gasteiger partial charge < -0.3 is 0 Å².